The Balaban J connectivity index is 2.37. The number of hydrogen-bond acceptors (Lipinski definition) is 5. The van der Waals surface area contributed by atoms with Gasteiger partial charge in [-0.3, -0.25) is 4.72 Å². The van der Waals surface area contributed by atoms with E-state index in [0.717, 1.165) is 0 Å². The molecule has 0 fully saturated rings. The highest BCUT2D eigenvalue weighted by molar-refractivity contribution is 7.93. The van der Waals surface area contributed by atoms with Crippen molar-refractivity contribution in [1.29, 1.82) is 0 Å². The van der Waals surface area contributed by atoms with Crippen LogP contribution in [0.4, 0.5) is 5.69 Å². The maximum Gasteiger partial charge on any atom is 0.263 e. The summed E-state index contributed by atoms with van der Waals surface area (Å²) in [6.07, 6.45) is 0. The lowest BCUT2D eigenvalue weighted by Gasteiger charge is -2.11. The molecule has 0 spiro atoms. The lowest BCUT2D eigenvalue weighted by Crippen LogP contribution is -2.14. The van der Waals surface area contributed by atoms with Gasteiger partial charge in [-0.05, 0) is 23.6 Å². The first-order chi connectivity index (χ1) is 9.08. The molecule has 0 aliphatic carbocycles. The third-order valence-corrected chi connectivity index (χ3v) is 4.97. The Morgan fingerprint density at radius 2 is 2.05 bits per heavy atom. The van der Waals surface area contributed by atoms with Crippen molar-refractivity contribution >= 4 is 27.0 Å². The fourth-order valence-electron chi connectivity index (χ4n) is 1.61. The van der Waals surface area contributed by atoms with Crippen molar-refractivity contribution < 1.29 is 18.3 Å². The predicted molar refractivity (Wildman–Crippen MR) is 74.0 cm³/mol. The van der Waals surface area contributed by atoms with Gasteiger partial charge in [0.1, 0.15) is 10.6 Å². The lowest BCUT2D eigenvalue weighted by molar-refractivity contribution is 0.282. The van der Waals surface area contributed by atoms with Crippen LogP contribution in [0.25, 0.3) is 0 Å². The van der Waals surface area contributed by atoms with E-state index >= 15 is 0 Å². The molecule has 1 aromatic carbocycles. The van der Waals surface area contributed by atoms with E-state index in [0.29, 0.717) is 16.3 Å². The second kappa shape index (κ2) is 5.60. The molecule has 19 heavy (non-hydrogen) atoms. The SMILES string of the molecule is COc1ccccc1NS(=O)(=O)c1ccsc1CO. The average Bonchev–Trinajstić information content (AvgIpc) is 2.88. The lowest BCUT2D eigenvalue weighted by atomic mass is 10.3. The van der Waals surface area contributed by atoms with Crippen molar-refractivity contribution in [3.05, 3.63) is 40.6 Å². The summed E-state index contributed by atoms with van der Waals surface area (Å²) < 4.78 is 32.0. The highest BCUT2D eigenvalue weighted by Gasteiger charge is 2.20. The van der Waals surface area contributed by atoms with Gasteiger partial charge in [0.15, 0.2) is 0 Å². The first-order valence-electron chi connectivity index (χ1n) is 5.41. The molecule has 0 unspecified atom stereocenters. The summed E-state index contributed by atoms with van der Waals surface area (Å²) in [5.41, 5.74) is 0.361. The van der Waals surface area contributed by atoms with Gasteiger partial charge in [0.25, 0.3) is 10.0 Å². The smallest absolute Gasteiger partial charge is 0.263 e. The Bertz CT molecular complexity index is 664. The van der Waals surface area contributed by atoms with Crippen LogP contribution in [0.5, 0.6) is 5.75 Å². The molecule has 1 aromatic heterocycles. The van der Waals surface area contributed by atoms with E-state index < -0.39 is 10.0 Å². The van der Waals surface area contributed by atoms with Crippen LogP contribution in [-0.4, -0.2) is 20.6 Å². The first-order valence-corrected chi connectivity index (χ1v) is 7.78. The molecule has 5 nitrogen and oxygen atoms in total. The van der Waals surface area contributed by atoms with Crippen molar-refractivity contribution in [3.8, 4) is 5.75 Å². The predicted octanol–water partition coefficient (Wildman–Crippen LogP) is 2.05. The normalized spacial score (nSPS) is 11.3. The van der Waals surface area contributed by atoms with Crippen LogP contribution >= 0.6 is 11.3 Å². The Hall–Kier alpha value is -1.57. The van der Waals surface area contributed by atoms with Crippen molar-refractivity contribution in [1.82, 2.24) is 0 Å². The summed E-state index contributed by atoms with van der Waals surface area (Å²) >= 11 is 1.20. The minimum Gasteiger partial charge on any atom is -0.495 e. The molecule has 0 aliphatic heterocycles. The standard InChI is InChI=1S/C12H13NO4S2/c1-17-10-5-3-2-4-9(10)13-19(15,16)12-6-7-18-11(12)8-14/h2-7,13-14H,8H2,1H3. The molecule has 2 N–H and O–H groups in total. The number of anilines is 1. The number of para-hydroxylation sites is 2. The molecule has 102 valence electrons. The fourth-order valence-corrected chi connectivity index (χ4v) is 3.98. The fraction of sp³-hybridized carbons (Fsp3) is 0.167. The number of sulfonamides is 1. The number of methoxy groups -OCH3 is 1. The van der Waals surface area contributed by atoms with Crippen LogP contribution in [0, 0.1) is 0 Å². The Kier molecular flexibility index (Phi) is 4.08. The van der Waals surface area contributed by atoms with Crippen LogP contribution in [0.2, 0.25) is 0 Å². The summed E-state index contributed by atoms with van der Waals surface area (Å²) in [6.45, 7) is -0.306. The minimum absolute atomic E-state index is 0.0888. The number of aliphatic hydroxyl groups is 1. The Labute approximate surface area is 115 Å². The zero-order valence-electron chi connectivity index (χ0n) is 10.2. The summed E-state index contributed by atoms with van der Waals surface area (Å²) in [7, 11) is -2.26. The number of ether oxygens (including phenoxy) is 1. The van der Waals surface area contributed by atoms with Gasteiger partial charge in [0.05, 0.1) is 24.3 Å². The van der Waals surface area contributed by atoms with Crippen LogP contribution < -0.4 is 9.46 Å². The van der Waals surface area contributed by atoms with Crippen LogP contribution in [0.1, 0.15) is 4.88 Å². The van der Waals surface area contributed by atoms with E-state index in [9.17, 15) is 8.42 Å². The quantitative estimate of drug-likeness (QED) is 0.886. The van der Waals surface area contributed by atoms with E-state index in [1.54, 1.807) is 29.6 Å². The van der Waals surface area contributed by atoms with Gasteiger partial charge >= 0.3 is 0 Å². The summed E-state index contributed by atoms with van der Waals surface area (Å²) in [4.78, 5) is 0.494. The number of thiophene rings is 1. The number of hydrogen-bond donors (Lipinski definition) is 2. The number of nitrogens with one attached hydrogen (secondary N) is 1. The first kappa shape index (κ1) is 13.9. The highest BCUT2D eigenvalue weighted by atomic mass is 32.2. The van der Waals surface area contributed by atoms with Gasteiger partial charge < -0.3 is 9.84 Å². The van der Waals surface area contributed by atoms with Gasteiger partial charge in [0.2, 0.25) is 0 Å². The molecular formula is C12H13NO4S2. The van der Waals surface area contributed by atoms with Gasteiger partial charge in [0, 0.05) is 0 Å². The van der Waals surface area contributed by atoms with Crippen molar-refractivity contribution in [3.63, 3.8) is 0 Å². The molecule has 0 aliphatic rings. The number of benzene rings is 1. The van der Waals surface area contributed by atoms with Crippen molar-refractivity contribution in [2.24, 2.45) is 0 Å². The number of rotatable bonds is 5. The average molecular weight is 299 g/mol. The third kappa shape index (κ3) is 2.89. The van der Waals surface area contributed by atoms with Gasteiger partial charge in [-0.2, -0.15) is 0 Å². The van der Waals surface area contributed by atoms with Crippen LogP contribution in [0.3, 0.4) is 0 Å². The van der Waals surface area contributed by atoms with E-state index in [2.05, 4.69) is 4.72 Å². The largest absolute Gasteiger partial charge is 0.495 e. The molecule has 0 bridgehead atoms. The molecule has 0 radical (unpaired) electrons. The van der Waals surface area contributed by atoms with E-state index in [1.807, 2.05) is 0 Å². The second-order valence-corrected chi connectivity index (χ2v) is 6.32. The molecular weight excluding hydrogens is 286 g/mol. The minimum atomic E-state index is -3.72. The Morgan fingerprint density at radius 1 is 1.32 bits per heavy atom. The molecule has 0 amide bonds. The van der Waals surface area contributed by atoms with Crippen LogP contribution in [0.15, 0.2) is 40.6 Å². The molecule has 0 saturated carbocycles. The van der Waals surface area contributed by atoms with Gasteiger partial charge in [-0.1, -0.05) is 12.1 Å². The van der Waals surface area contributed by atoms with Crippen molar-refractivity contribution in [2.45, 2.75) is 11.5 Å². The summed E-state index contributed by atoms with van der Waals surface area (Å²) in [5.74, 6) is 0.437. The third-order valence-electron chi connectivity index (χ3n) is 2.49. The monoisotopic (exact) mass is 299 g/mol. The maximum absolute atomic E-state index is 12.2. The van der Waals surface area contributed by atoms with Gasteiger partial charge in [-0.15, -0.1) is 11.3 Å². The topological polar surface area (TPSA) is 75.6 Å². The molecule has 0 saturated heterocycles. The molecule has 2 aromatic rings. The zero-order chi connectivity index (χ0) is 13.9. The molecule has 1 heterocycles. The summed E-state index contributed by atoms with van der Waals surface area (Å²) in [5, 5.41) is 10.8. The second-order valence-electron chi connectivity index (χ2n) is 3.67. The Morgan fingerprint density at radius 3 is 2.74 bits per heavy atom. The zero-order valence-corrected chi connectivity index (χ0v) is 11.8. The van der Waals surface area contributed by atoms with Crippen molar-refractivity contribution in [2.75, 3.05) is 11.8 Å². The summed E-state index contributed by atoms with van der Waals surface area (Å²) in [6, 6.07) is 8.20. The van der Waals surface area contributed by atoms with Gasteiger partial charge in [-0.25, -0.2) is 8.42 Å². The number of aliphatic hydroxyl groups excluding tert-OH is 1. The molecule has 0 atom stereocenters. The maximum atomic E-state index is 12.2. The van der Waals surface area contributed by atoms with Crippen LogP contribution in [-0.2, 0) is 16.6 Å². The highest BCUT2D eigenvalue weighted by Crippen LogP contribution is 2.28. The van der Waals surface area contributed by atoms with E-state index in [-0.39, 0.29) is 11.5 Å². The molecule has 2 rings (SSSR count). The molecule has 7 heteroatoms. The van der Waals surface area contributed by atoms with E-state index in [1.165, 1.54) is 24.5 Å². The van der Waals surface area contributed by atoms with E-state index in [4.69, 9.17) is 9.84 Å².